The summed E-state index contributed by atoms with van der Waals surface area (Å²) in [4.78, 5) is 19.2. The molecule has 3 aromatic heterocycles. The smallest absolute Gasteiger partial charge is 0.230 e. The van der Waals surface area contributed by atoms with E-state index in [0.717, 1.165) is 35.7 Å². The fourth-order valence-electron chi connectivity index (χ4n) is 4.64. The van der Waals surface area contributed by atoms with Crippen LogP contribution in [0.15, 0.2) is 42.3 Å². The lowest BCUT2D eigenvalue weighted by Gasteiger charge is -2.30. The van der Waals surface area contributed by atoms with Crippen LogP contribution in [0.1, 0.15) is 77.1 Å². The lowest BCUT2D eigenvalue weighted by atomic mass is 9.99. The minimum atomic E-state index is -0.120. The van der Waals surface area contributed by atoms with Gasteiger partial charge in [0.2, 0.25) is 5.91 Å². The van der Waals surface area contributed by atoms with Crippen LogP contribution in [0, 0.1) is 12.8 Å². The number of halogens is 1. The minimum absolute atomic E-state index is 0.0813. The Morgan fingerprint density at radius 1 is 1.20 bits per heavy atom. The standard InChI is InChI=1S/C26H38N8O.C4H7F/c1-5-19(3)29-24(35)15-22-14-23(32-31-22)30-26-25-20(4)21(16-34(25)28-17-27-26)8-6-7-11-33-12-9-18(2)10-13-33;1-3-4(2)5/h5,14,16-18H,6-13,15H2,1-4H3,(H,29,35)(H2,27,28,30,31,32);3H,1-2H3/b19-5+;4-3+. The number of carbonyl (C=O) groups is 1. The Morgan fingerprint density at radius 2 is 1.93 bits per heavy atom. The van der Waals surface area contributed by atoms with Crippen LogP contribution in [-0.2, 0) is 17.6 Å². The largest absolute Gasteiger partial charge is 0.330 e. The summed E-state index contributed by atoms with van der Waals surface area (Å²) in [6, 6.07) is 1.84. The van der Waals surface area contributed by atoms with Gasteiger partial charge in [0.15, 0.2) is 11.6 Å². The van der Waals surface area contributed by atoms with Crippen LogP contribution in [0.3, 0.4) is 0 Å². The van der Waals surface area contributed by atoms with Crippen molar-refractivity contribution in [2.24, 2.45) is 5.92 Å². The fraction of sp³-hybridized carbons (Fsp3) is 0.533. The number of likely N-dealkylation sites (tertiary alicyclic amines) is 1. The number of unbranched alkanes of at least 4 members (excludes halogenated alkanes) is 1. The van der Waals surface area contributed by atoms with Crippen LogP contribution in [0.4, 0.5) is 16.0 Å². The van der Waals surface area contributed by atoms with Crippen LogP contribution in [-0.4, -0.2) is 55.2 Å². The van der Waals surface area contributed by atoms with E-state index in [9.17, 15) is 9.18 Å². The van der Waals surface area contributed by atoms with Gasteiger partial charge in [0.1, 0.15) is 11.8 Å². The van der Waals surface area contributed by atoms with E-state index in [1.54, 1.807) is 13.3 Å². The molecule has 40 heavy (non-hydrogen) atoms. The van der Waals surface area contributed by atoms with Crippen LogP contribution < -0.4 is 10.6 Å². The van der Waals surface area contributed by atoms with E-state index in [2.05, 4.69) is 55.9 Å². The van der Waals surface area contributed by atoms with Crippen molar-refractivity contribution in [2.45, 2.75) is 80.1 Å². The first-order chi connectivity index (χ1) is 19.2. The molecule has 9 nitrogen and oxygen atoms in total. The predicted octanol–water partition coefficient (Wildman–Crippen LogP) is 6.02. The summed E-state index contributed by atoms with van der Waals surface area (Å²) in [5.41, 5.74) is 5.02. The van der Waals surface area contributed by atoms with Crippen molar-refractivity contribution in [1.82, 2.24) is 35.0 Å². The van der Waals surface area contributed by atoms with Gasteiger partial charge in [0, 0.05) is 23.7 Å². The van der Waals surface area contributed by atoms with E-state index in [0.29, 0.717) is 11.6 Å². The summed E-state index contributed by atoms with van der Waals surface area (Å²) in [5, 5.41) is 17.8. The number of carbonyl (C=O) groups excluding carboxylic acids is 1. The normalized spacial score (nSPS) is 15.2. The number of nitrogens with one attached hydrogen (secondary N) is 3. The van der Waals surface area contributed by atoms with E-state index >= 15 is 0 Å². The van der Waals surface area contributed by atoms with Crippen molar-refractivity contribution < 1.29 is 9.18 Å². The molecule has 10 heteroatoms. The zero-order valence-corrected chi connectivity index (χ0v) is 24.9. The SMILES string of the molecule is C/C=C(\C)F.C/C=C(\C)NC(=O)Cc1cc(Nc2ncnn3cc(CCCCN4CCC(C)CC4)c(C)c23)n[nH]1. The Labute approximate surface area is 237 Å². The average molecular weight is 553 g/mol. The lowest BCUT2D eigenvalue weighted by molar-refractivity contribution is -0.119. The summed E-state index contributed by atoms with van der Waals surface area (Å²) >= 11 is 0. The van der Waals surface area contributed by atoms with Crippen molar-refractivity contribution in [1.29, 1.82) is 0 Å². The molecule has 0 unspecified atom stereocenters. The molecule has 1 aliphatic heterocycles. The first kappa shape index (κ1) is 31.0. The number of aryl methyl sites for hydroxylation is 2. The number of hydrogen-bond donors (Lipinski definition) is 3. The number of anilines is 2. The molecule has 0 spiro atoms. The molecule has 0 saturated carbocycles. The van der Waals surface area contributed by atoms with E-state index in [4.69, 9.17) is 0 Å². The molecule has 1 saturated heterocycles. The highest BCUT2D eigenvalue weighted by Crippen LogP contribution is 2.26. The third-order valence-electron chi connectivity index (χ3n) is 7.37. The Bertz CT molecular complexity index is 1300. The van der Waals surface area contributed by atoms with E-state index in [-0.39, 0.29) is 18.2 Å². The molecule has 1 fully saturated rings. The van der Waals surface area contributed by atoms with E-state index < -0.39 is 0 Å². The second-order valence-electron chi connectivity index (χ2n) is 10.6. The Hall–Kier alpha value is -3.53. The molecule has 3 N–H and O–H groups in total. The Morgan fingerprint density at radius 3 is 2.60 bits per heavy atom. The highest BCUT2D eigenvalue weighted by atomic mass is 19.1. The first-order valence-electron chi connectivity index (χ1n) is 14.3. The molecule has 1 amide bonds. The maximum absolute atomic E-state index is 12.1. The number of aromatic nitrogens is 5. The summed E-state index contributed by atoms with van der Waals surface area (Å²) in [7, 11) is 0. The van der Waals surface area contributed by atoms with E-state index in [1.807, 2.05) is 30.5 Å². The van der Waals surface area contributed by atoms with Crippen LogP contribution >= 0.6 is 0 Å². The molecule has 0 atom stereocenters. The molecule has 0 bridgehead atoms. The van der Waals surface area contributed by atoms with Gasteiger partial charge in [-0.05, 0) is 103 Å². The highest BCUT2D eigenvalue weighted by Gasteiger charge is 2.16. The molecular weight excluding hydrogens is 507 g/mol. The van der Waals surface area contributed by atoms with Crippen molar-refractivity contribution in [3.63, 3.8) is 0 Å². The zero-order chi connectivity index (χ0) is 29.1. The van der Waals surface area contributed by atoms with Gasteiger partial charge in [-0.15, -0.1) is 0 Å². The number of aromatic amines is 1. The van der Waals surface area contributed by atoms with Gasteiger partial charge >= 0.3 is 0 Å². The summed E-state index contributed by atoms with van der Waals surface area (Å²) in [6.45, 7) is 15.0. The van der Waals surface area contributed by atoms with Crippen LogP contribution in [0.25, 0.3) is 5.52 Å². The maximum Gasteiger partial charge on any atom is 0.230 e. The lowest BCUT2D eigenvalue weighted by Crippen LogP contribution is -2.33. The van der Waals surface area contributed by atoms with Crippen molar-refractivity contribution in [2.75, 3.05) is 25.0 Å². The number of allylic oxidation sites excluding steroid dienone is 4. The summed E-state index contributed by atoms with van der Waals surface area (Å²) in [5.74, 6) is 2.01. The first-order valence-corrected chi connectivity index (χ1v) is 14.3. The third-order valence-corrected chi connectivity index (χ3v) is 7.37. The minimum Gasteiger partial charge on any atom is -0.330 e. The molecular formula is C30H45FN8O. The monoisotopic (exact) mass is 552 g/mol. The van der Waals surface area contributed by atoms with Gasteiger partial charge in [0.05, 0.1) is 12.2 Å². The molecule has 0 aromatic carbocycles. The van der Waals surface area contributed by atoms with Crippen molar-refractivity contribution >= 4 is 23.1 Å². The summed E-state index contributed by atoms with van der Waals surface area (Å²) in [6.07, 6.45) is 13.3. The number of piperidine rings is 1. The van der Waals surface area contributed by atoms with Gasteiger partial charge in [-0.2, -0.15) is 10.2 Å². The second-order valence-corrected chi connectivity index (χ2v) is 10.6. The number of fused-ring (bicyclic) bond motifs is 1. The van der Waals surface area contributed by atoms with E-state index in [1.165, 1.54) is 63.0 Å². The fourth-order valence-corrected chi connectivity index (χ4v) is 4.64. The number of hydrogen-bond acceptors (Lipinski definition) is 6. The van der Waals surface area contributed by atoms with Gasteiger partial charge in [-0.3, -0.25) is 9.89 Å². The quantitative estimate of drug-likeness (QED) is 0.266. The summed E-state index contributed by atoms with van der Waals surface area (Å²) < 4.78 is 13.2. The molecule has 4 rings (SSSR count). The Balaban J connectivity index is 0.000000810. The second kappa shape index (κ2) is 15.3. The maximum atomic E-state index is 12.1. The van der Waals surface area contributed by atoms with Gasteiger partial charge in [-0.1, -0.05) is 19.1 Å². The number of rotatable bonds is 10. The predicted molar refractivity (Wildman–Crippen MR) is 159 cm³/mol. The van der Waals surface area contributed by atoms with Gasteiger partial charge < -0.3 is 15.5 Å². The van der Waals surface area contributed by atoms with Gasteiger partial charge in [0.25, 0.3) is 0 Å². The highest BCUT2D eigenvalue weighted by molar-refractivity contribution is 5.80. The molecule has 218 valence electrons. The number of amides is 1. The van der Waals surface area contributed by atoms with Crippen molar-refractivity contribution in [3.8, 4) is 0 Å². The molecule has 3 aromatic rings. The van der Waals surface area contributed by atoms with Gasteiger partial charge in [-0.25, -0.2) is 13.9 Å². The average Bonchev–Trinajstić information content (AvgIpc) is 3.51. The van der Waals surface area contributed by atoms with Crippen LogP contribution in [0.5, 0.6) is 0 Å². The molecule has 0 aliphatic carbocycles. The molecule has 4 heterocycles. The molecule has 0 radical (unpaired) electrons. The number of nitrogens with zero attached hydrogens (tertiary/aromatic N) is 5. The number of H-pyrrole nitrogens is 1. The third kappa shape index (κ3) is 9.29. The van der Waals surface area contributed by atoms with Crippen LogP contribution in [0.2, 0.25) is 0 Å². The zero-order valence-electron chi connectivity index (χ0n) is 24.9. The molecule has 1 aliphatic rings. The van der Waals surface area contributed by atoms with Crippen molar-refractivity contribution in [3.05, 3.63) is 59.1 Å². The topological polar surface area (TPSA) is 103 Å². The Kier molecular flexibility index (Phi) is 11.9.